The van der Waals surface area contributed by atoms with Crippen molar-refractivity contribution in [2.24, 2.45) is 10.9 Å². The van der Waals surface area contributed by atoms with Gasteiger partial charge in [-0.25, -0.2) is 0 Å². The number of aliphatic imine (C=N–C) groups is 1. The van der Waals surface area contributed by atoms with Crippen molar-refractivity contribution < 1.29 is 9.47 Å². The Bertz CT molecular complexity index is 617. The highest BCUT2D eigenvalue weighted by Gasteiger charge is 2.17. The minimum Gasteiger partial charge on any atom is -0.493 e. The normalized spacial score (nSPS) is 17.0. The van der Waals surface area contributed by atoms with Gasteiger partial charge in [0.25, 0.3) is 0 Å². The van der Waals surface area contributed by atoms with Crippen LogP contribution >= 0.6 is 0 Å². The molecule has 0 spiro atoms. The predicted molar refractivity (Wildman–Crippen MR) is 126 cm³/mol. The largest absolute Gasteiger partial charge is 0.493 e. The third-order valence-electron chi connectivity index (χ3n) is 5.25. The van der Waals surface area contributed by atoms with Gasteiger partial charge in [0.05, 0.1) is 6.61 Å². The molecule has 1 aliphatic rings. The highest BCUT2D eigenvalue weighted by molar-refractivity contribution is 5.93. The molecule has 0 bridgehead atoms. The fourth-order valence-electron chi connectivity index (χ4n) is 3.53. The van der Waals surface area contributed by atoms with E-state index in [1.807, 2.05) is 24.3 Å². The van der Waals surface area contributed by atoms with Crippen molar-refractivity contribution in [2.45, 2.75) is 27.2 Å². The summed E-state index contributed by atoms with van der Waals surface area (Å²) in [5.41, 5.74) is 0.974. The molecule has 0 radical (unpaired) electrons. The highest BCUT2D eigenvalue weighted by atomic mass is 16.5. The molecular weight excluding hydrogens is 378 g/mol. The Kier molecular flexibility index (Phi) is 11.6. The maximum absolute atomic E-state index is 5.80. The topological polar surface area (TPSA) is 61.4 Å². The summed E-state index contributed by atoms with van der Waals surface area (Å²) < 4.78 is 10.9. The second-order valence-electron chi connectivity index (χ2n) is 7.91. The smallest absolute Gasteiger partial charge is 0.195 e. The summed E-state index contributed by atoms with van der Waals surface area (Å²) >= 11 is 0. The second kappa shape index (κ2) is 14.2. The highest BCUT2D eigenvalue weighted by Crippen LogP contribution is 2.17. The Morgan fingerprint density at radius 3 is 2.60 bits per heavy atom. The van der Waals surface area contributed by atoms with Crippen LogP contribution in [-0.2, 0) is 4.74 Å². The van der Waals surface area contributed by atoms with E-state index in [1.165, 1.54) is 13.1 Å². The molecule has 0 saturated carbocycles. The Morgan fingerprint density at radius 2 is 1.90 bits per heavy atom. The average molecular weight is 420 g/mol. The number of piperazine rings is 1. The molecule has 7 heteroatoms. The molecule has 170 valence electrons. The third kappa shape index (κ3) is 9.32. The number of hydrogen-bond acceptors (Lipinski definition) is 5. The van der Waals surface area contributed by atoms with E-state index in [-0.39, 0.29) is 0 Å². The second-order valence-corrected chi connectivity index (χ2v) is 7.91. The first-order chi connectivity index (χ1) is 14.6. The standard InChI is InChI=1S/C23H41N5O2/c1-5-24-23(25-18-20(3)19-28-13-11-27(6-2)12-14-28)26-21-9-7-10-22(17-21)30-16-8-15-29-4/h7,9-10,17,20H,5-6,8,11-16,18-19H2,1-4H3,(H2,24,25,26). The number of rotatable bonds is 12. The van der Waals surface area contributed by atoms with Crippen molar-refractivity contribution in [3.8, 4) is 5.75 Å². The number of guanidine groups is 1. The van der Waals surface area contributed by atoms with Gasteiger partial charge < -0.3 is 29.9 Å². The number of nitrogens with zero attached hydrogens (tertiary/aromatic N) is 3. The van der Waals surface area contributed by atoms with Crippen LogP contribution in [0, 0.1) is 5.92 Å². The molecule has 7 nitrogen and oxygen atoms in total. The van der Waals surface area contributed by atoms with E-state index in [1.54, 1.807) is 7.11 Å². The summed E-state index contributed by atoms with van der Waals surface area (Å²) in [4.78, 5) is 9.90. The van der Waals surface area contributed by atoms with Gasteiger partial charge in [-0.3, -0.25) is 4.99 Å². The van der Waals surface area contributed by atoms with Gasteiger partial charge in [0.2, 0.25) is 0 Å². The van der Waals surface area contributed by atoms with Crippen LogP contribution in [0.25, 0.3) is 0 Å². The van der Waals surface area contributed by atoms with Gasteiger partial charge in [0.1, 0.15) is 5.75 Å². The fourth-order valence-corrected chi connectivity index (χ4v) is 3.53. The number of nitrogens with one attached hydrogen (secondary N) is 2. The van der Waals surface area contributed by atoms with Gasteiger partial charge in [0.15, 0.2) is 5.96 Å². The summed E-state index contributed by atoms with van der Waals surface area (Å²) in [6.07, 6.45) is 0.879. The maximum Gasteiger partial charge on any atom is 0.195 e. The lowest BCUT2D eigenvalue weighted by molar-refractivity contribution is 0.125. The van der Waals surface area contributed by atoms with E-state index >= 15 is 0 Å². The van der Waals surface area contributed by atoms with Gasteiger partial charge >= 0.3 is 0 Å². The number of ether oxygens (including phenoxy) is 2. The number of likely N-dealkylation sites (N-methyl/N-ethyl adjacent to an activating group) is 1. The van der Waals surface area contributed by atoms with E-state index in [4.69, 9.17) is 14.5 Å². The Morgan fingerprint density at radius 1 is 1.13 bits per heavy atom. The van der Waals surface area contributed by atoms with Gasteiger partial charge in [-0.1, -0.05) is 19.9 Å². The molecule has 1 aromatic carbocycles. The molecule has 2 N–H and O–H groups in total. The first kappa shape index (κ1) is 24.4. The van der Waals surface area contributed by atoms with Crippen molar-refractivity contribution in [3.05, 3.63) is 24.3 Å². The van der Waals surface area contributed by atoms with E-state index in [2.05, 4.69) is 41.2 Å². The fraction of sp³-hybridized carbons (Fsp3) is 0.696. The minimum atomic E-state index is 0.518. The molecule has 1 saturated heterocycles. The summed E-state index contributed by atoms with van der Waals surface area (Å²) in [7, 11) is 1.71. The zero-order valence-electron chi connectivity index (χ0n) is 19.3. The van der Waals surface area contributed by atoms with E-state index in [9.17, 15) is 0 Å². The number of anilines is 1. The molecular formula is C23H41N5O2. The predicted octanol–water partition coefficient (Wildman–Crippen LogP) is 2.75. The van der Waals surface area contributed by atoms with Gasteiger partial charge in [-0.15, -0.1) is 0 Å². The maximum atomic E-state index is 5.80. The third-order valence-corrected chi connectivity index (χ3v) is 5.25. The first-order valence-electron chi connectivity index (χ1n) is 11.4. The van der Waals surface area contributed by atoms with Crippen molar-refractivity contribution >= 4 is 11.6 Å². The lowest BCUT2D eigenvalue weighted by atomic mass is 10.1. The van der Waals surface area contributed by atoms with Crippen LogP contribution in [0.15, 0.2) is 29.3 Å². The molecule has 0 aromatic heterocycles. The number of benzene rings is 1. The van der Waals surface area contributed by atoms with Crippen LogP contribution in [0.2, 0.25) is 0 Å². The van der Waals surface area contributed by atoms with Gasteiger partial charge in [0, 0.05) is 77.7 Å². The van der Waals surface area contributed by atoms with Crippen LogP contribution in [0.5, 0.6) is 5.75 Å². The molecule has 1 unspecified atom stereocenters. The molecule has 0 amide bonds. The van der Waals surface area contributed by atoms with Crippen molar-refractivity contribution in [3.63, 3.8) is 0 Å². The zero-order valence-corrected chi connectivity index (χ0v) is 19.3. The van der Waals surface area contributed by atoms with Crippen LogP contribution in [0.4, 0.5) is 5.69 Å². The lowest BCUT2D eigenvalue weighted by Crippen LogP contribution is -2.47. The number of methoxy groups -OCH3 is 1. The molecule has 1 fully saturated rings. The summed E-state index contributed by atoms with van der Waals surface area (Å²) in [5, 5.41) is 6.75. The minimum absolute atomic E-state index is 0.518. The summed E-state index contributed by atoms with van der Waals surface area (Å²) in [6, 6.07) is 8.01. The lowest BCUT2D eigenvalue weighted by Gasteiger charge is -2.35. The molecule has 1 aliphatic heterocycles. The van der Waals surface area contributed by atoms with Crippen LogP contribution in [-0.4, -0.2) is 88.4 Å². The Labute approximate surface area is 182 Å². The van der Waals surface area contributed by atoms with Gasteiger partial charge in [-0.2, -0.15) is 0 Å². The average Bonchev–Trinajstić information content (AvgIpc) is 2.76. The molecule has 30 heavy (non-hydrogen) atoms. The van der Waals surface area contributed by atoms with Gasteiger partial charge in [-0.05, 0) is 31.5 Å². The summed E-state index contributed by atoms with van der Waals surface area (Å²) in [5.74, 6) is 2.19. The van der Waals surface area contributed by atoms with Crippen molar-refractivity contribution in [1.29, 1.82) is 0 Å². The summed E-state index contributed by atoms with van der Waals surface area (Å²) in [6.45, 7) is 16.6. The SMILES string of the molecule is CCNC(=NCC(C)CN1CCN(CC)CC1)Nc1cccc(OCCCOC)c1. The number of hydrogen-bond donors (Lipinski definition) is 2. The molecule has 0 aliphatic carbocycles. The van der Waals surface area contributed by atoms with E-state index in [0.29, 0.717) is 19.1 Å². The zero-order chi connectivity index (χ0) is 21.6. The van der Waals surface area contributed by atoms with Crippen molar-refractivity contribution in [1.82, 2.24) is 15.1 Å². The van der Waals surface area contributed by atoms with Crippen LogP contribution < -0.4 is 15.4 Å². The van der Waals surface area contributed by atoms with Crippen LogP contribution in [0.3, 0.4) is 0 Å². The van der Waals surface area contributed by atoms with E-state index in [0.717, 1.165) is 63.1 Å². The molecule has 2 rings (SSSR count). The van der Waals surface area contributed by atoms with E-state index < -0.39 is 0 Å². The molecule has 1 aromatic rings. The Hall–Kier alpha value is -1.83. The molecule has 1 heterocycles. The van der Waals surface area contributed by atoms with Crippen LogP contribution in [0.1, 0.15) is 27.2 Å². The first-order valence-corrected chi connectivity index (χ1v) is 11.4. The van der Waals surface area contributed by atoms with Crippen molar-refractivity contribution in [2.75, 3.05) is 78.0 Å². The molecule has 1 atom stereocenters. The Balaban J connectivity index is 1.83. The quantitative estimate of drug-likeness (QED) is 0.309. The monoisotopic (exact) mass is 419 g/mol.